The average Bonchev–Trinajstić information content (AvgIpc) is 2.81. The maximum Gasteiger partial charge on any atom is 0.243 e. The van der Waals surface area contributed by atoms with Crippen LogP contribution in [0.15, 0.2) is 42.5 Å². The molecule has 3 rings (SSSR count). The quantitative estimate of drug-likeness (QED) is 0.438. The van der Waals surface area contributed by atoms with Crippen LogP contribution in [0.25, 0.3) is 0 Å². The first-order chi connectivity index (χ1) is 15.9. The zero-order valence-corrected chi connectivity index (χ0v) is 21.1. The molecule has 4 nitrogen and oxygen atoms in total. The highest BCUT2D eigenvalue weighted by molar-refractivity contribution is 6.36. The number of amides is 2. The number of nitrogens with one attached hydrogen (secondary N) is 1. The highest BCUT2D eigenvalue weighted by Gasteiger charge is 2.31. The van der Waals surface area contributed by atoms with E-state index in [1.165, 1.54) is 12.0 Å². The van der Waals surface area contributed by atoms with E-state index in [2.05, 4.69) is 5.32 Å². The van der Waals surface area contributed by atoms with Crippen LogP contribution < -0.4 is 5.32 Å². The fourth-order valence-electron chi connectivity index (χ4n) is 4.47. The third kappa shape index (κ3) is 7.22. The Bertz CT molecular complexity index is 919. The van der Waals surface area contributed by atoms with Gasteiger partial charge in [0.15, 0.2) is 0 Å². The molecule has 0 spiro atoms. The molecule has 2 amide bonds. The summed E-state index contributed by atoms with van der Waals surface area (Å²) in [6, 6.07) is 13.1. The fourth-order valence-corrected chi connectivity index (χ4v) is 4.98. The number of hydrogen-bond donors (Lipinski definition) is 1. The topological polar surface area (TPSA) is 49.4 Å². The minimum atomic E-state index is -0.565. The summed E-state index contributed by atoms with van der Waals surface area (Å²) in [5.41, 5.74) is 2.96. The van der Waals surface area contributed by atoms with Crippen molar-refractivity contribution in [2.75, 3.05) is 0 Å². The largest absolute Gasteiger partial charge is 0.352 e. The Morgan fingerprint density at radius 1 is 1.03 bits per heavy atom. The molecule has 33 heavy (non-hydrogen) atoms. The molecule has 0 radical (unpaired) electrons. The van der Waals surface area contributed by atoms with E-state index < -0.39 is 6.04 Å². The van der Waals surface area contributed by atoms with Gasteiger partial charge in [-0.2, -0.15) is 0 Å². The standard InChI is InChI=1S/C27H34Cl2N2O2/c1-3-25(27(33)30-21-8-5-4-6-9-21)31(18-22-23(28)10-7-11-24(22)29)26(32)17-16-20-14-12-19(2)13-15-20/h7,10-15,21,25H,3-6,8-9,16-18H2,1-2H3,(H,30,33). The molecule has 0 bridgehead atoms. The molecule has 1 unspecified atom stereocenters. The van der Waals surface area contributed by atoms with E-state index in [4.69, 9.17) is 23.2 Å². The minimum Gasteiger partial charge on any atom is -0.352 e. The Balaban J connectivity index is 1.79. The molecule has 2 aromatic carbocycles. The van der Waals surface area contributed by atoms with Crippen molar-refractivity contribution in [3.8, 4) is 0 Å². The van der Waals surface area contributed by atoms with E-state index in [1.807, 2.05) is 38.1 Å². The summed E-state index contributed by atoms with van der Waals surface area (Å²) >= 11 is 12.9. The van der Waals surface area contributed by atoms with E-state index in [1.54, 1.807) is 23.1 Å². The van der Waals surface area contributed by atoms with Crippen LogP contribution in [0.4, 0.5) is 0 Å². The van der Waals surface area contributed by atoms with E-state index in [-0.39, 0.29) is 24.4 Å². The van der Waals surface area contributed by atoms with Gasteiger partial charge in [-0.05, 0) is 50.3 Å². The molecule has 0 heterocycles. The van der Waals surface area contributed by atoms with Gasteiger partial charge in [-0.1, -0.05) is 85.3 Å². The number of nitrogens with zero attached hydrogens (tertiary/aromatic N) is 1. The van der Waals surface area contributed by atoms with E-state index in [0.717, 1.165) is 31.2 Å². The first-order valence-corrected chi connectivity index (χ1v) is 12.7. The summed E-state index contributed by atoms with van der Waals surface area (Å²) in [5, 5.41) is 4.20. The van der Waals surface area contributed by atoms with Crippen molar-refractivity contribution in [1.29, 1.82) is 0 Å². The van der Waals surface area contributed by atoms with Gasteiger partial charge in [-0.3, -0.25) is 9.59 Å². The number of hydrogen-bond acceptors (Lipinski definition) is 2. The maximum atomic E-state index is 13.5. The Hall–Kier alpha value is -2.04. The number of halogens is 2. The molecule has 1 fully saturated rings. The highest BCUT2D eigenvalue weighted by Crippen LogP contribution is 2.28. The number of aryl methyl sites for hydroxylation is 2. The van der Waals surface area contributed by atoms with E-state index >= 15 is 0 Å². The second-order valence-corrected chi connectivity index (χ2v) is 9.79. The first kappa shape index (κ1) is 25.6. The second kappa shape index (κ2) is 12.4. The van der Waals surface area contributed by atoms with E-state index in [0.29, 0.717) is 34.9 Å². The van der Waals surface area contributed by atoms with Crippen molar-refractivity contribution in [3.63, 3.8) is 0 Å². The van der Waals surface area contributed by atoms with Crippen LogP contribution in [-0.4, -0.2) is 28.8 Å². The summed E-state index contributed by atoms with van der Waals surface area (Å²) in [7, 11) is 0. The van der Waals surface area contributed by atoms with Crippen LogP contribution in [-0.2, 0) is 22.6 Å². The summed E-state index contributed by atoms with van der Waals surface area (Å²) in [4.78, 5) is 28.4. The molecule has 2 aromatic rings. The lowest BCUT2D eigenvalue weighted by atomic mass is 9.95. The fraction of sp³-hybridized carbons (Fsp3) is 0.481. The molecule has 0 aromatic heterocycles. The number of benzene rings is 2. The zero-order chi connectivity index (χ0) is 23.8. The van der Waals surface area contributed by atoms with Crippen molar-refractivity contribution in [1.82, 2.24) is 10.2 Å². The van der Waals surface area contributed by atoms with Crippen LogP contribution in [0, 0.1) is 6.92 Å². The van der Waals surface area contributed by atoms with E-state index in [9.17, 15) is 9.59 Å². The molecule has 0 saturated heterocycles. The Kier molecular flexibility index (Phi) is 9.64. The van der Waals surface area contributed by atoms with Crippen LogP contribution >= 0.6 is 23.2 Å². The van der Waals surface area contributed by atoms with Gasteiger partial charge < -0.3 is 10.2 Å². The molecule has 1 N–H and O–H groups in total. The van der Waals surface area contributed by atoms with Crippen molar-refractivity contribution < 1.29 is 9.59 Å². The van der Waals surface area contributed by atoms with Gasteiger partial charge in [0.25, 0.3) is 0 Å². The van der Waals surface area contributed by atoms with Crippen molar-refractivity contribution in [3.05, 3.63) is 69.2 Å². The van der Waals surface area contributed by atoms with Gasteiger partial charge in [0.1, 0.15) is 6.04 Å². The highest BCUT2D eigenvalue weighted by atomic mass is 35.5. The van der Waals surface area contributed by atoms with Crippen molar-refractivity contribution in [2.45, 2.75) is 83.8 Å². The summed E-state index contributed by atoms with van der Waals surface area (Å²) in [6.07, 6.45) is 6.95. The number of carbonyl (C=O) groups is 2. The molecule has 1 saturated carbocycles. The van der Waals surface area contributed by atoms with Gasteiger partial charge in [-0.25, -0.2) is 0 Å². The average molecular weight is 489 g/mol. The third-order valence-corrected chi connectivity index (χ3v) is 7.18. The Morgan fingerprint density at radius 3 is 2.27 bits per heavy atom. The normalized spacial score (nSPS) is 15.2. The molecule has 178 valence electrons. The van der Waals surface area contributed by atoms with Crippen molar-refractivity contribution in [2.24, 2.45) is 0 Å². The molecule has 6 heteroatoms. The maximum absolute atomic E-state index is 13.5. The summed E-state index contributed by atoms with van der Waals surface area (Å²) < 4.78 is 0. The minimum absolute atomic E-state index is 0.0720. The van der Waals surface area contributed by atoms with Crippen LogP contribution in [0.1, 0.15) is 68.6 Å². The summed E-state index contributed by atoms with van der Waals surface area (Å²) in [5.74, 6) is -0.159. The molecular weight excluding hydrogens is 455 g/mol. The van der Waals surface area contributed by atoms with Gasteiger partial charge in [-0.15, -0.1) is 0 Å². The zero-order valence-electron chi connectivity index (χ0n) is 19.6. The molecule has 1 aliphatic carbocycles. The molecule has 0 aliphatic heterocycles. The van der Waals surface area contributed by atoms with Gasteiger partial charge >= 0.3 is 0 Å². The van der Waals surface area contributed by atoms with Gasteiger partial charge in [0.2, 0.25) is 11.8 Å². The summed E-state index contributed by atoms with van der Waals surface area (Å²) in [6.45, 7) is 4.20. The van der Waals surface area contributed by atoms with Gasteiger partial charge in [0, 0.05) is 34.6 Å². The monoisotopic (exact) mass is 488 g/mol. The Morgan fingerprint density at radius 2 is 1.67 bits per heavy atom. The Labute approximate surface area is 207 Å². The van der Waals surface area contributed by atoms with Crippen molar-refractivity contribution >= 4 is 35.0 Å². The first-order valence-electron chi connectivity index (χ1n) is 12.0. The SMILES string of the molecule is CCC(C(=O)NC1CCCCC1)N(Cc1c(Cl)cccc1Cl)C(=O)CCc1ccc(C)cc1. The van der Waals surface area contributed by atoms with Crippen LogP contribution in [0.2, 0.25) is 10.0 Å². The van der Waals surface area contributed by atoms with Crippen LogP contribution in [0.3, 0.4) is 0 Å². The van der Waals surface area contributed by atoms with Gasteiger partial charge in [0.05, 0.1) is 0 Å². The number of rotatable bonds is 9. The lowest BCUT2D eigenvalue weighted by molar-refractivity contribution is -0.141. The number of carbonyl (C=O) groups excluding carboxylic acids is 2. The smallest absolute Gasteiger partial charge is 0.243 e. The lowest BCUT2D eigenvalue weighted by Crippen LogP contribution is -2.51. The third-order valence-electron chi connectivity index (χ3n) is 6.48. The lowest BCUT2D eigenvalue weighted by Gasteiger charge is -2.33. The predicted octanol–water partition coefficient (Wildman–Crippen LogP) is 6.49. The predicted molar refractivity (Wildman–Crippen MR) is 136 cm³/mol. The second-order valence-electron chi connectivity index (χ2n) is 8.98. The molecule has 1 aliphatic rings. The molecule has 1 atom stereocenters. The van der Waals surface area contributed by atoms with Crippen LogP contribution in [0.5, 0.6) is 0 Å². The molecular formula is C27H34Cl2N2O2.